The van der Waals surface area contributed by atoms with Gasteiger partial charge in [-0.1, -0.05) is 110 Å². The quantitative estimate of drug-likeness (QED) is 0.216. The van der Waals surface area contributed by atoms with Crippen LogP contribution >= 0.6 is 0 Å². The average molecular weight is 406 g/mol. The zero-order valence-corrected chi connectivity index (χ0v) is 17.8. The summed E-state index contributed by atoms with van der Waals surface area (Å²) in [6, 6.07) is 27.7. The maximum atomic E-state index is 13.6. The summed E-state index contributed by atoms with van der Waals surface area (Å²) in [6.07, 6.45) is 11.6. The number of para-hydroxylation sites is 1. The van der Waals surface area contributed by atoms with Gasteiger partial charge in [0.1, 0.15) is 0 Å². The molecule has 0 atom stereocenters. The van der Waals surface area contributed by atoms with Gasteiger partial charge in [0.05, 0.1) is 0 Å². The van der Waals surface area contributed by atoms with E-state index in [0.717, 1.165) is 22.4 Å². The number of hydrogen-bond donors (Lipinski definition) is 0. The van der Waals surface area contributed by atoms with Crippen LogP contribution < -0.4 is 4.90 Å². The second-order valence-electron chi connectivity index (χ2n) is 7.09. The first-order valence-corrected chi connectivity index (χ1v) is 10.3. The van der Waals surface area contributed by atoms with Crippen LogP contribution in [0.2, 0.25) is 0 Å². The lowest BCUT2D eigenvalue weighted by Gasteiger charge is -2.21. The lowest BCUT2D eigenvalue weighted by atomic mass is 9.94. The number of nitrogens with zero attached hydrogens (tertiary/aromatic N) is 1. The van der Waals surface area contributed by atoms with Gasteiger partial charge in [0.2, 0.25) is 0 Å². The Balaban J connectivity index is 2.06. The molecule has 3 aromatic carbocycles. The van der Waals surface area contributed by atoms with Crippen LogP contribution in [-0.2, 0) is 0 Å². The van der Waals surface area contributed by atoms with Gasteiger partial charge in [-0.3, -0.25) is 4.79 Å². The van der Waals surface area contributed by atoms with Crippen LogP contribution in [0.5, 0.6) is 0 Å². The van der Waals surface area contributed by atoms with Crippen molar-refractivity contribution in [3.63, 3.8) is 0 Å². The molecule has 0 N–H and O–H groups in total. The number of carbonyl (C=O) groups is 1. The molecule has 0 radical (unpaired) electrons. The van der Waals surface area contributed by atoms with Crippen LogP contribution in [0.1, 0.15) is 21.5 Å². The van der Waals surface area contributed by atoms with Crippen LogP contribution in [-0.4, -0.2) is 12.3 Å². The molecule has 0 heterocycles. The summed E-state index contributed by atoms with van der Waals surface area (Å²) in [7, 11) is 0. The van der Waals surface area contributed by atoms with E-state index in [9.17, 15) is 4.79 Å². The molecule has 0 aliphatic rings. The molecule has 0 fully saturated rings. The molecule has 3 rings (SSSR count). The standard InChI is InChI=1S/C29H27NO/c1-3-4-5-6-15-22-30(26-19-11-8-12-20-26)23-28(25-17-9-7-10-18-25)29(31)27-21-14-13-16-24(27)2/h3-21,23H,1,22H2,2H3/b5-4-,15-6-,28-23+. The largest absolute Gasteiger partial charge is 0.343 e. The third-order valence-electron chi connectivity index (χ3n) is 4.89. The van der Waals surface area contributed by atoms with E-state index < -0.39 is 0 Å². The highest BCUT2D eigenvalue weighted by atomic mass is 16.1. The molecule has 0 unspecified atom stereocenters. The number of Topliss-reactive ketones (excluding diaryl/α,β-unsaturated/α-hetero) is 1. The van der Waals surface area contributed by atoms with Crippen LogP contribution in [0.4, 0.5) is 5.69 Å². The fourth-order valence-electron chi connectivity index (χ4n) is 3.26. The van der Waals surface area contributed by atoms with Gasteiger partial charge in [0.25, 0.3) is 0 Å². The summed E-state index contributed by atoms with van der Waals surface area (Å²) in [5.74, 6) is 0.0146. The van der Waals surface area contributed by atoms with E-state index in [4.69, 9.17) is 0 Å². The second-order valence-corrected chi connectivity index (χ2v) is 7.09. The number of ketones is 1. The van der Waals surface area contributed by atoms with Crippen molar-refractivity contribution in [2.45, 2.75) is 6.92 Å². The first-order valence-electron chi connectivity index (χ1n) is 10.3. The van der Waals surface area contributed by atoms with Crippen molar-refractivity contribution in [3.8, 4) is 0 Å². The van der Waals surface area contributed by atoms with Gasteiger partial charge >= 0.3 is 0 Å². The minimum atomic E-state index is 0.0146. The third-order valence-corrected chi connectivity index (χ3v) is 4.89. The Morgan fingerprint density at radius 3 is 2.16 bits per heavy atom. The minimum absolute atomic E-state index is 0.0146. The minimum Gasteiger partial charge on any atom is -0.343 e. The summed E-state index contributed by atoms with van der Waals surface area (Å²) in [5, 5.41) is 0. The summed E-state index contributed by atoms with van der Waals surface area (Å²) in [4.78, 5) is 15.7. The van der Waals surface area contributed by atoms with Crippen molar-refractivity contribution in [2.24, 2.45) is 0 Å². The number of benzene rings is 3. The number of rotatable bonds is 9. The predicted molar refractivity (Wildman–Crippen MR) is 132 cm³/mol. The summed E-state index contributed by atoms with van der Waals surface area (Å²) >= 11 is 0. The lowest BCUT2D eigenvalue weighted by molar-refractivity contribution is 0.105. The average Bonchev–Trinajstić information content (AvgIpc) is 2.82. The number of aryl methyl sites for hydroxylation is 1. The monoisotopic (exact) mass is 405 g/mol. The van der Waals surface area contributed by atoms with Crippen LogP contribution in [0.15, 0.2) is 128 Å². The molecule has 2 heteroatoms. The molecule has 2 nitrogen and oxygen atoms in total. The first-order chi connectivity index (χ1) is 15.2. The van der Waals surface area contributed by atoms with Crippen LogP contribution in [0.25, 0.3) is 5.57 Å². The maximum absolute atomic E-state index is 13.6. The Morgan fingerprint density at radius 1 is 0.839 bits per heavy atom. The Bertz CT molecular complexity index is 1090. The van der Waals surface area contributed by atoms with E-state index in [1.165, 1.54) is 0 Å². The Kier molecular flexibility index (Phi) is 7.96. The van der Waals surface area contributed by atoms with Gasteiger partial charge in [-0.25, -0.2) is 0 Å². The van der Waals surface area contributed by atoms with Gasteiger partial charge in [0, 0.05) is 29.6 Å². The lowest BCUT2D eigenvalue weighted by Crippen LogP contribution is -2.18. The molecule has 0 saturated carbocycles. The van der Waals surface area contributed by atoms with Crippen molar-refractivity contribution in [2.75, 3.05) is 11.4 Å². The molecule has 0 aromatic heterocycles. The van der Waals surface area contributed by atoms with Gasteiger partial charge in [-0.2, -0.15) is 0 Å². The molecule has 0 amide bonds. The van der Waals surface area contributed by atoms with Crippen LogP contribution in [0, 0.1) is 6.92 Å². The van der Waals surface area contributed by atoms with Gasteiger partial charge in [-0.05, 0) is 30.2 Å². The van der Waals surface area contributed by atoms with Crippen molar-refractivity contribution in [1.82, 2.24) is 0 Å². The van der Waals surface area contributed by atoms with E-state index in [0.29, 0.717) is 12.1 Å². The highest BCUT2D eigenvalue weighted by Crippen LogP contribution is 2.25. The van der Waals surface area contributed by atoms with Crippen molar-refractivity contribution < 1.29 is 4.79 Å². The third kappa shape index (κ3) is 6.03. The van der Waals surface area contributed by atoms with Crippen molar-refractivity contribution in [1.29, 1.82) is 0 Å². The highest BCUT2D eigenvalue weighted by molar-refractivity contribution is 6.29. The summed E-state index contributed by atoms with van der Waals surface area (Å²) in [5.41, 5.74) is 4.26. The van der Waals surface area contributed by atoms with Crippen molar-refractivity contribution >= 4 is 17.0 Å². The summed E-state index contributed by atoms with van der Waals surface area (Å²) in [6.45, 7) is 6.29. The van der Waals surface area contributed by atoms with E-state index >= 15 is 0 Å². The molecule has 0 spiro atoms. The molecule has 0 aliphatic carbocycles. The Labute approximate surface area is 185 Å². The van der Waals surface area contributed by atoms with Gasteiger partial charge < -0.3 is 4.90 Å². The van der Waals surface area contributed by atoms with E-state index in [1.54, 1.807) is 6.08 Å². The number of carbonyl (C=O) groups excluding carboxylic acids is 1. The molecule has 31 heavy (non-hydrogen) atoms. The molecule has 0 bridgehead atoms. The Morgan fingerprint density at radius 2 is 1.48 bits per heavy atom. The molecule has 0 saturated heterocycles. The Hall–Kier alpha value is -3.91. The zero-order valence-electron chi connectivity index (χ0n) is 17.8. The van der Waals surface area contributed by atoms with E-state index in [2.05, 4.69) is 17.6 Å². The molecule has 0 aliphatic heterocycles. The molecular formula is C29H27NO. The topological polar surface area (TPSA) is 20.3 Å². The fraction of sp³-hybridized carbons (Fsp3) is 0.0690. The molecule has 154 valence electrons. The van der Waals surface area contributed by atoms with E-state index in [1.807, 2.05) is 116 Å². The smallest absolute Gasteiger partial charge is 0.195 e. The maximum Gasteiger partial charge on any atom is 0.195 e. The predicted octanol–water partition coefficient (Wildman–Crippen LogP) is 7.02. The number of allylic oxidation sites excluding steroid dienone is 5. The summed E-state index contributed by atoms with van der Waals surface area (Å²) < 4.78 is 0. The highest BCUT2D eigenvalue weighted by Gasteiger charge is 2.17. The SMILES string of the molecule is C=C/C=C\C=C/CN(/C=C(/C(=O)c1ccccc1C)c1ccccc1)c1ccccc1. The number of hydrogen-bond acceptors (Lipinski definition) is 2. The normalized spacial score (nSPS) is 11.7. The van der Waals surface area contributed by atoms with E-state index in [-0.39, 0.29) is 5.78 Å². The number of anilines is 1. The van der Waals surface area contributed by atoms with Crippen molar-refractivity contribution in [3.05, 3.63) is 145 Å². The van der Waals surface area contributed by atoms with Gasteiger partial charge in [-0.15, -0.1) is 0 Å². The molecule has 3 aromatic rings. The van der Waals surface area contributed by atoms with Gasteiger partial charge in [0.15, 0.2) is 5.78 Å². The molecular weight excluding hydrogens is 378 g/mol. The first kappa shape index (κ1) is 21.8. The fourth-order valence-corrected chi connectivity index (χ4v) is 3.26. The van der Waals surface area contributed by atoms with Crippen LogP contribution in [0.3, 0.4) is 0 Å². The second kappa shape index (κ2) is 11.3. The zero-order chi connectivity index (χ0) is 21.9.